The van der Waals surface area contributed by atoms with Crippen molar-refractivity contribution >= 4 is 11.8 Å². The number of aliphatic hydroxyl groups is 1. The zero-order valence-electron chi connectivity index (χ0n) is 9.35. The molecule has 0 radical (unpaired) electrons. The van der Waals surface area contributed by atoms with E-state index in [0.29, 0.717) is 5.56 Å². The van der Waals surface area contributed by atoms with E-state index in [9.17, 15) is 19.1 Å². The fourth-order valence-corrected chi connectivity index (χ4v) is 1.32. The van der Waals surface area contributed by atoms with Crippen molar-refractivity contribution in [2.75, 3.05) is 7.11 Å². The van der Waals surface area contributed by atoms with E-state index < -0.39 is 23.7 Å². The molecule has 1 atom stereocenters. The third kappa shape index (κ3) is 4.32. The molecule has 1 rings (SSSR count). The van der Waals surface area contributed by atoms with E-state index >= 15 is 0 Å². The number of ketones is 1. The summed E-state index contributed by atoms with van der Waals surface area (Å²) in [7, 11) is 1.19. The Balaban J connectivity index is 2.54. The zero-order valence-corrected chi connectivity index (χ0v) is 9.35. The van der Waals surface area contributed by atoms with E-state index in [2.05, 4.69) is 4.74 Å². The molecule has 0 amide bonds. The van der Waals surface area contributed by atoms with Crippen LogP contribution in [0.1, 0.15) is 24.5 Å². The number of aliphatic hydroxyl groups excluding tert-OH is 1. The number of benzene rings is 1. The van der Waals surface area contributed by atoms with E-state index in [1.54, 1.807) is 0 Å². The fraction of sp³-hybridized carbons (Fsp3) is 0.333. The number of hydrogen-bond donors (Lipinski definition) is 1. The molecule has 0 aliphatic heterocycles. The molecule has 0 aromatic heterocycles. The van der Waals surface area contributed by atoms with Gasteiger partial charge in [-0.25, -0.2) is 4.39 Å². The van der Waals surface area contributed by atoms with Gasteiger partial charge in [0, 0.05) is 6.42 Å². The third-order valence-corrected chi connectivity index (χ3v) is 2.24. The minimum absolute atomic E-state index is 0.194. The number of rotatable bonds is 5. The van der Waals surface area contributed by atoms with Crippen LogP contribution in [0.25, 0.3) is 0 Å². The van der Waals surface area contributed by atoms with Crippen molar-refractivity contribution < 1.29 is 23.8 Å². The van der Waals surface area contributed by atoms with Gasteiger partial charge in [-0.3, -0.25) is 9.59 Å². The Bertz CT molecular complexity index is 399. The van der Waals surface area contributed by atoms with Crippen molar-refractivity contribution in [1.82, 2.24) is 0 Å². The quantitative estimate of drug-likeness (QED) is 0.624. The minimum atomic E-state index is -1.03. The Morgan fingerprint density at radius 2 is 1.94 bits per heavy atom. The second-order valence-corrected chi connectivity index (χ2v) is 3.56. The number of hydrogen-bond acceptors (Lipinski definition) is 4. The highest BCUT2D eigenvalue weighted by Crippen LogP contribution is 2.17. The first-order valence-electron chi connectivity index (χ1n) is 5.05. The number of methoxy groups -OCH3 is 1. The number of esters is 1. The summed E-state index contributed by atoms with van der Waals surface area (Å²) >= 11 is 0. The van der Waals surface area contributed by atoms with Crippen LogP contribution in [0, 0.1) is 5.82 Å². The van der Waals surface area contributed by atoms with E-state index in [-0.39, 0.29) is 12.8 Å². The predicted octanol–water partition coefficient (Wildman–Crippen LogP) is 1.38. The van der Waals surface area contributed by atoms with Gasteiger partial charge in [-0.2, -0.15) is 0 Å². The lowest BCUT2D eigenvalue weighted by Gasteiger charge is -2.09. The Labute approximate surface area is 98.0 Å². The molecule has 0 saturated heterocycles. The Morgan fingerprint density at radius 3 is 2.47 bits per heavy atom. The first-order chi connectivity index (χ1) is 8.02. The standard InChI is InChI=1S/C12H13FO4/c1-17-12(16)7-10(14)6-11(15)8-2-4-9(13)5-3-8/h2-5,11,15H,6-7H2,1H3. The molecule has 1 aromatic rings. The zero-order chi connectivity index (χ0) is 12.8. The van der Waals surface area contributed by atoms with Gasteiger partial charge in [-0.05, 0) is 17.7 Å². The highest BCUT2D eigenvalue weighted by molar-refractivity contribution is 5.95. The van der Waals surface area contributed by atoms with Gasteiger partial charge in [0.2, 0.25) is 0 Å². The lowest BCUT2D eigenvalue weighted by molar-refractivity contribution is -0.143. The molecule has 0 saturated carbocycles. The first kappa shape index (κ1) is 13.3. The summed E-state index contributed by atoms with van der Waals surface area (Å²) < 4.78 is 17.0. The maximum absolute atomic E-state index is 12.6. The maximum Gasteiger partial charge on any atom is 0.313 e. The van der Waals surface area contributed by atoms with Crippen LogP contribution in [-0.4, -0.2) is 24.0 Å². The molecule has 0 aliphatic rings. The lowest BCUT2D eigenvalue weighted by atomic mass is 10.0. The highest BCUT2D eigenvalue weighted by Gasteiger charge is 2.16. The van der Waals surface area contributed by atoms with Crippen LogP contribution in [0.2, 0.25) is 0 Å². The van der Waals surface area contributed by atoms with Crippen molar-refractivity contribution in [3.63, 3.8) is 0 Å². The molecule has 1 N–H and O–H groups in total. The normalized spacial score (nSPS) is 11.9. The molecular formula is C12H13FO4. The van der Waals surface area contributed by atoms with E-state index in [0.717, 1.165) is 0 Å². The van der Waals surface area contributed by atoms with Gasteiger partial charge in [0.25, 0.3) is 0 Å². The van der Waals surface area contributed by atoms with Crippen LogP contribution in [0.3, 0.4) is 0 Å². The largest absolute Gasteiger partial charge is 0.469 e. The van der Waals surface area contributed by atoms with Gasteiger partial charge in [0.05, 0.1) is 13.2 Å². The van der Waals surface area contributed by atoms with E-state index in [1.807, 2.05) is 0 Å². The number of halogens is 1. The fourth-order valence-electron chi connectivity index (χ4n) is 1.32. The number of Topliss-reactive ketones (excluding diaryl/α,β-unsaturated/α-hetero) is 1. The van der Waals surface area contributed by atoms with Crippen LogP contribution in [-0.2, 0) is 14.3 Å². The Hall–Kier alpha value is -1.75. The Morgan fingerprint density at radius 1 is 1.35 bits per heavy atom. The summed E-state index contributed by atoms with van der Waals surface area (Å²) in [4.78, 5) is 22.1. The van der Waals surface area contributed by atoms with Gasteiger partial charge in [0.1, 0.15) is 18.0 Å². The van der Waals surface area contributed by atoms with Gasteiger partial charge in [-0.1, -0.05) is 12.1 Å². The van der Waals surface area contributed by atoms with Crippen LogP contribution in [0.5, 0.6) is 0 Å². The molecule has 0 aliphatic carbocycles. The molecule has 1 aromatic carbocycles. The smallest absolute Gasteiger partial charge is 0.313 e. The highest BCUT2D eigenvalue weighted by atomic mass is 19.1. The van der Waals surface area contributed by atoms with Crippen LogP contribution >= 0.6 is 0 Å². The van der Waals surface area contributed by atoms with Crippen LogP contribution in [0.15, 0.2) is 24.3 Å². The van der Waals surface area contributed by atoms with Crippen molar-refractivity contribution in [3.8, 4) is 0 Å². The summed E-state index contributed by atoms with van der Waals surface area (Å²) in [5, 5.41) is 9.67. The summed E-state index contributed by atoms with van der Waals surface area (Å²) in [5.74, 6) is -1.48. The Kier molecular flexibility index (Phi) is 4.78. The maximum atomic E-state index is 12.6. The van der Waals surface area contributed by atoms with Crippen LogP contribution in [0.4, 0.5) is 4.39 Å². The van der Waals surface area contributed by atoms with Gasteiger partial charge < -0.3 is 9.84 Å². The number of carbonyl (C=O) groups is 2. The molecule has 17 heavy (non-hydrogen) atoms. The van der Waals surface area contributed by atoms with Gasteiger partial charge >= 0.3 is 5.97 Å². The van der Waals surface area contributed by atoms with Crippen LogP contribution < -0.4 is 0 Å². The van der Waals surface area contributed by atoms with Crippen molar-refractivity contribution in [2.45, 2.75) is 18.9 Å². The third-order valence-electron chi connectivity index (χ3n) is 2.24. The van der Waals surface area contributed by atoms with E-state index in [1.165, 1.54) is 31.4 Å². The molecule has 92 valence electrons. The van der Waals surface area contributed by atoms with Crippen molar-refractivity contribution in [3.05, 3.63) is 35.6 Å². The molecule has 4 nitrogen and oxygen atoms in total. The first-order valence-corrected chi connectivity index (χ1v) is 5.05. The molecule has 0 bridgehead atoms. The molecular weight excluding hydrogens is 227 g/mol. The molecule has 0 fully saturated rings. The average Bonchev–Trinajstić information content (AvgIpc) is 2.29. The van der Waals surface area contributed by atoms with Crippen molar-refractivity contribution in [2.24, 2.45) is 0 Å². The van der Waals surface area contributed by atoms with Crippen molar-refractivity contribution in [1.29, 1.82) is 0 Å². The SMILES string of the molecule is COC(=O)CC(=O)CC(O)c1ccc(F)cc1. The van der Waals surface area contributed by atoms with E-state index in [4.69, 9.17) is 0 Å². The average molecular weight is 240 g/mol. The molecule has 0 spiro atoms. The van der Waals surface area contributed by atoms with Gasteiger partial charge in [0.15, 0.2) is 0 Å². The summed E-state index contributed by atoms with van der Waals surface area (Å²) in [6.45, 7) is 0. The summed E-state index contributed by atoms with van der Waals surface area (Å²) in [6.07, 6.45) is -1.59. The second-order valence-electron chi connectivity index (χ2n) is 3.56. The topological polar surface area (TPSA) is 63.6 Å². The number of carbonyl (C=O) groups excluding carboxylic acids is 2. The monoisotopic (exact) mass is 240 g/mol. The summed E-state index contributed by atoms with van der Waals surface area (Å²) in [5.41, 5.74) is 0.435. The number of ether oxygens (including phenoxy) is 1. The molecule has 0 heterocycles. The minimum Gasteiger partial charge on any atom is -0.469 e. The van der Waals surface area contributed by atoms with Gasteiger partial charge in [-0.15, -0.1) is 0 Å². The predicted molar refractivity (Wildman–Crippen MR) is 57.6 cm³/mol. The second kappa shape index (κ2) is 6.10. The summed E-state index contributed by atoms with van der Waals surface area (Å²) in [6, 6.07) is 5.18. The molecule has 1 unspecified atom stereocenters. The lowest BCUT2D eigenvalue weighted by Crippen LogP contribution is -2.12. The molecule has 5 heteroatoms.